The number of nitrogens with one attached hydrogen (secondary N) is 1. The zero-order valence-corrected chi connectivity index (χ0v) is 11.5. The molecule has 2 amide bonds. The fourth-order valence-corrected chi connectivity index (χ4v) is 3.25. The van der Waals surface area contributed by atoms with Crippen molar-refractivity contribution in [2.45, 2.75) is 18.8 Å². The van der Waals surface area contributed by atoms with Crippen LogP contribution in [0.4, 0.5) is 10.5 Å². The van der Waals surface area contributed by atoms with Crippen molar-refractivity contribution in [2.75, 3.05) is 25.5 Å². The van der Waals surface area contributed by atoms with Gasteiger partial charge in [0.2, 0.25) is 5.91 Å². The normalized spacial score (nSPS) is 22.4. The third kappa shape index (κ3) is 2.13. The summed E-state index contributed by atoms with van der Waals surface area (Å²) < 4.78 is 4.74. The molecule has 0 bridgehead atoms. The highest BCUT2D eigenvalue weighted by Crippen LogP contribution is 2.41. The number of likely N-dealkylation sites (tertiary alicyclic amines) is 1. The van der Waals surface area contributed by atoms with E-state index in [4.69, 9.17) is 4.74 Å². The Morgan fingerprint density at radius 1 is 1.30 bits per heavy atom. The van der Waals surface area contributed by atoms with Crippen molar-refractivity contribution in [3.8, 4) is 0 Å². The van der Waals surface area contributed by atoms with Crippen molar-refractivity contribution in [2.24, 2.45) is 5.92 Å². The van der Waals surface area contributed by atoms with E-state index >= 15 is 0 Å². The second-order valence-electron chi connectivity index (χ2n) is 5.35. The molecule has 2 aliphatic heterocycles. The van der Waals surface area contributed by atoms with Crippen LogP contribution in [0.2, 0.25) is 0 Å². The van der Waals surface area contributed by atoms with Crippen LogP contribution in [0.3, 0.4) is 0 Å². The van der Waals surface area contributed by atoms with Crippen LogP contribution in [0.25, 0.3) is 0 Å². The molecule has 1 fully saturated rings. The molecule has 0 spiro atoms. The molecule has 106 valence electrons. The lowest BCUT2D eigenvalue weighted by Crippen LogP contribution is -2.40. The number of carbonyl (C=O) groups is 2. The Morgan fingerprint density at radius 2 is 2.00 bits per heavy atom. The van der Waals surface area contributed by atoms with Crippen molar-refractivity contribution < 1.29 is 14.3 Å². The van der Waals surface area contributed by atoms with Gasteiger partial charge in [-0.05, 0) is 30.4 Å². The Hall–Kier alpha value is -2.04. The van der Waals surface area contributed by atoms with Crippen LogP contribution in [0.15, 0.2) is 24.3 Å². The molecule has 0 aromatic heterocycles. The first-order chi connectivity index (χ1) is 9.70. The molecular weight excluding hydrogens is 256 g/mol. The van der Waals surface area contributed by atoms with Gasteiger partial charge in [-0.2, -0.15) is 0 Å². The SMILES string of the molecule is COC(=O)N1CCC(C2C(=O)Nc3ccccc32)CC1. The van der Waals surface area contributed by atoms with Gasteiger partial charge in [0.15, 0.2) is 0 Å². The minimum absolute atomic E-state index is 0.0778. The quantitative estimate of drug-likeness (QED) is 0.854. The van der Waals surface area contributed by atoms with Crippen molar-refractivity contribution in [3.05, 3.63) is 29.8 Å². The summed E-state index contributed by atoms with van der Waals surface area (Å²) in [6.45, 7) is 1.31. The van der Waals surface area contributed by atoms with Gasteiger partial charge in [-0.1, -0.05) is 18.2 Å². The molecule has 0 saturated carbocycles. The number of hydrogen-bond acceptors (Lipinski definition) is 3. The highest BCUT2D eigenvalue weighted by atomic mass is 16.5. The number of para-hydroxylation sites is 1. The van der Waals surface area contributed by atoms with E-state index < -0.39 is 0 Å². The van der Waals surface area contributed by atoms with E-state index in [-0.39, 0.29) is 17.9 Å². The second kappa shape index (κ2) is 5.15. The first-order valence-electron chi connectivity index (χ1n) is 6.93. The molecule has 1 unspecified atom stereocenters. The average Bonchev–Trinajstić information content (AvgIpc) is 2.82. The van der Waals surface area contributed by atoms with Crippen LogP contribution in [-0.4, -0.2) is 37.1 Å². The van der Waals surface area contributed by atoms with Gasteiger partial charge in [0.05, 0.1) is 13.0 Å². The summed E-state index contributed by atoms with van der Waals surface area (Å²) in [5.74, 6) is 0.299. The number of ether oxygens (including phenoxy) is 1. The summed E-state index contributed by atoms with van der Waals surface area (Å²) >= 11 is 0. The minimum atomic E-state index is -0.278. The molecule has 1 atom stereocenters. The van der Waals surface area contributed by atoms with Gasteiger partial charge in [0.1, 0.15) is 0 Å². The molecule has 0 aliphatic carbocycles. The maximum absolute atomic E-state index is 12.2. The zero-order chi connectivity index (χ0) is 14.1. The summed E-state index contributed by atoms with van der Waals surface area (Å²) in [7, 11) is 1.40. The molecule has 1 N–H and O–H groups in total. The van der Waals surface area contributed by atoms with Crippen molar-refractivity contribution >= 4 is 17.7 Å². The smallest absolute Gasteiger partial charge is 0.409 e. The van der Waals surface area contributed by atoms with E-state index in [0.29, 0.717) is 19.0 Å². The van der Waals surface area contributed by atoms with Gasteiger partial charge < -0.3 is 15.0 Å². The molecule has 2 aliphatic rings. The Kier molecular flexibility index (Phi) is 3.34. The lowest BCUT2D eigenvalue weighted by Gasteiger charge is -2.33. The van der Waals surface area contributed by atoms with Gasteiger partial charge in [-0.3, -0.25) is 4.79 Å². The van der Waals surface area contributed by atoms with E-state index in [9.17, 15) is 9.59 Å². The van der Waals surface area contributed by atoms with Crippen LogP contribution < -0.4 is 5.32 Å². The Balaban J connectivity index is 1.73. The van der Waals surface area contributed by atoms with E-state index in [1.165, 1.54) is 7.11 Å². The number of rotatable bonds is 1. The second-order valence-corrected chi connectivity index (χ2v) is 5.35. The molecule has 5 heteroatoms. The standard InChI is InChI=1S/C15H18N2O3/c1-20-15(19)17-8-6-10(7-9-17)13-11-4-2-3-5-12(11)16-14(13)18/h2-5,10,13H,6-9H2,1H3,(H,16,18). The first kappa shape index (κ1) is 13.0. The van der Waals surface area contributed by atoms with Gasteiger partial charge in [-0.25, -0.2) is 4.79 Å². The maximum atomic E-state index is 12.2. The molecule has 5 nitrogen and oxygen atoms in total. The Bertz CT molecular complexity index is 536. The largest absolute Gasteiger partial charge is 0.453 e. The van der Waals surface area contributed by atoms with E-state index in [1.54, 1.807) is 4.90 Å². The number of benzene rings is 1. The Morgan fingerprint density at radius 3 is 2.70 bits per heavy atom. The average molecular weight is 274 g/mol. The fourth-order valence-electron chi connectivity index (χ4n) is 3.25. The molecular formula is C15H18N2O3. The molecule has 3 rings (SSSR count). The summed E-state index contributed by atoms with van der Waals surface area (Å²) in [5.41, 5.74) is 2.02. The predicted molar refractivity (Wildman–Crippen MR) is 74.5 cm³/mol. The number of piperidine rings is 1. The molecule has 2 heterocycles. The van der Waals surface area contributed by atoms with E-state index in [2.05, 4.69) is 5.32 Å². The van der Waals surface area contributed by atoms with Crippen molar-refractivity contribution in [1.82, 2.24) is 4.90 Å². The van der Waals surface area contributed by atoms with E-state index in [0.717, 1.165) is 24.1 Å². The molecule has 1 saturated heterocycles. The summed E-state index contributed by atoms with van der Waals surface area (Å²) in [6, 6.07) is 7.86. The lowest BCUT2D eigenvalue weighted by molar-refractivity contribution is -0.118. The predicted octanol–water partition coefficient (Wildman–Crippen LogP) is 2.20. The number of amides is 2. The third-order valence-electron chi connectivity index (χ3n) is 4.28. The van der Waals surface area contributed by atoms with Gasteiger partial charge >= 0.3 is 6.09 Å². The lowest BCUT2D eigenvalue weighted by atomic mass is 9.81. The number of fused-ring (bicyclic) bond motifs is 1. The number of nitrogens with zero attached hydrogens (tertiary/aromatic N) is 1. The van der Waals surface area contributed by atoms with Gasteiger partial charge in [0.25, 0.3) is 0 Å². The van der Waals surface area contributed by atoms with E-state index in [1.807, 2.05) is 24.3 Å². The topological polar surface area (TPSA) is 58.6 Å². The summed E-state index contributed by atoms with van der Waals surface area (Å²) in [5, 5.41) is 2.95. The minimum Gasteiger partial charge on any atom is -0.453 e. The molecule has 1 aromatic rings. The monoisotopic (exact) mass is 274 g/mol. The van der Waals surface area contributed by atoms with Crippen molar-refractivity contribution in [3.63, 3.8) is 0 Å². The number of hydrogen-bond donors (Lipinski definition) is 1. The summed E-state index contributed by atoms with van der Waals surface area (Å²) in [4.78, 5) is 25.4. The van der Waals surface area contributed by atoms with Crippen LogP contribution in [0.5, 0.6) is 0 Å². The van der Waals surface area contributed by atoms with Gasteiger partial charge in [0, 0.05) is 18.8 Å². The third-order valence-corrected chi connectivity index (χ3v) is 4.28. The Labute approximate surface area is 117 Å². The maximum Gasteiger partial charge on any atom is 0.409 e. The molecule has 0 radical (unpaired) electrons. The van der Waals surface area contributed by atoms with Crippen LogP contribution >= 0.6 is 0 Å². The van der Waals surface area contributed by atoms with Crippen molar-refractivity contribution in [1.29, 1.82) is 0 Å². The number of carbonyl (C=O) groups excluding carboxylic acids is 2. The zero-order valence-electron chi connectivity index (χ0n) is 11.5. The number of anilines is 1. The fraction of sp³-hybridized carbons (Fsp3) is 0.467. The molecule has 1 aromatic carbocycles. The highest BCUT2D eigenvalue weighted by molar-refractivity contribution is 6.03. The van der Waals surface area contributed by atoms with Crippen LogP contribution in [0, 0.1) is 5.92 Å². The van der Waals surface area contributed by atoms with Crippen LogP contribution in [-0.2, 0) is 9.53 Å². The van der Waals surface area contributed by atoms with Crippen LogP contribution in [0.1, 0.15) is 24.3 Å². The first-order valence-corrected chi connectivity index (χ1v) is 6.93. The summed E-state index contributed by atoms with van der Waals surface area (Å²) in [6.07, 6.45) is 1.39. The number of methoxy groups -OCH3 is 1. The van der Waals surface area contributed by atoms with Gasteiger partial charge in [-0.15, -0.1) is 0 Å². The highest BCUT2D eigenvalue weighted by Gasteiger charge is 2.38. The molecule has 20 heavy (non-hydrogen) atoms.